The molecule has 8 heteroatoms. The number of rotatable bonds is 5. The highest BCUT2D eigenvalue weighted by Gasteiger charge is 2.48. The Morgan fingerprint density at radius 3 is 2.54 bits per heavy atom. The average molecular weight is 396 g/mol. The predicted octanol–water partition coefficient (Wildman–Crippen LogP) is 2.73. The zero-order valence-corrected chi connectivity index (χ0v) is 16.6. The van der Waals surface area contributed by atoms with Crippen molar-refractivity contribution < 1.29 is 18.3 Å². The molecule has 2 unspecified atom stereocenters. The van der Waals surface area contributed by atoms with Crippen LogP contribution in [-0.4, -0.2) is 74.2 Å². The quantitative estimate of drug-likeness (QED) is 0.804. The number of piperazine rings is 1. The first-order valence-corrected chi connectivity index (χ1v) is 9.96. The lowest BCUT2D eigenvalue weighted by Gasteiger charge is -2.41. The number of halogens is 2. The molecule has 0 spiro atoms. The van der Waals surface area contributed by atoms with Crippen LogP contribution in [0.5, 0.6) is 5.75 Å². The van der Waals surface area contributed by atoms with Crippen molar-refractivity contribution in [2.24, 2.45) is 11.8 Å². The largest absolute Gasteiger partial charge is 0.490 e. The molecule has 2 atom stereocenters. The molecule has 2 aliphatic rings. The number of para-hydroxylation sites is 2. The molecule has 2 amide bonds. The maximum atomic E-state index is 14.0. The van der Waals surface area contributed by atoms with Crippen molar-refractivity contribution in [3.63, 3.8) is 0 Å². The second-order valence-corrected chi connectivity index (χ2v) is 7.75. The number of alkyl halides is 2. The minimum absolute atomic E-state index is 0.0369. The summed E-state index contributed by atoms with van der Waals surface area (Å²) in [5.74, 6) is -3.89. The molecule has 0 aromatic heterocycles. The SMILES string of the molecule is CC1CN(C(=O)Nc2ccccc2OCCN2CCNCC2)CC(C)C1(F)F. The van der Waals surface area contributed by atoms with E-state index in [9.17, 15) is 13.6 Å². The zero-order chi connectivity index (χ0) is 20.1. The first-order valence-electron chi connectivity index (χ1n) is 9.96. The Balaban J connectivity index is 1.56. The van der Waals surface area contributed by atoms with E-state index < -0.39 is 17.8 Å². The van der Waals surface area contributed by atoms with Gasteiger partial charge in [-0.2, -0.15) is 0 Å². The second kappa shape index (κ2) is 9.05. The molecule has 1 aromatic rings. The Labute approximate surface area is 165 Å². The number of hydrogen-bond donors (Lipinski definition) is 2. The van der Waals surface area contributed by atoms with Gasteiger partial charge in [0.2, 0.25) is 0 Å². The fourth-order valence-corrected chi connectivity index (χ4v) is 3.74. The molecule has 2 fully saturated rings. The van der Waals surface area contributed by atoms with E-state index in [1.807, 2.05) is 18.2 Å². The van der Waals surface area contributed by atoms with E-state index in [0.29, 0.717) is 18.0 Å². The second-order valence-electron chi connectivity index (χ2n) is 7.75. The zero-order valence-electron chi connectivity index (χ0n) is 16.6. The van der Waals surface area contributed by atoms with Gasteiger partial charge in [0.15, 0.2) is 0 Å². The van der Waals surface area contributed by atoms with E-state index >= 15 is 0 Å². The first-order chi connectivity index (χ1) is 13.4. The Hall–Kier alpha value is -1.93. The van der Waals surface area contributed by atoms with Gasteiger partial charge >= 0.3 is 6.03 Å². The summed E-state index contributed by atoms with van der Waals surface area (Å²) in [7, 11) is 0. The third-order valence-corrected chi connectivity index (χ3v) is 5.59. The van der Waals surface area contributed by atoms with Gasteiger partial charge in [0.05, 0.1) is 5.69 Å². The van der Waals surface area contributed by atoms with Gasteiger partial charge in [-0.15, -0.1) is 0 Å². The van der Waals surface area contributed by atoms with Crippen molar-refractivity contribution in [2.75, 3.05) is 57.7 Å². The van der Waals surface area contributed by atoms with Gasteiger partial charge in [0.25, 0.3) is 5.92 Å². The smallest absolute Gasteiger partial charge is 0.321 e. The summed E-state index contributed by atoms with van der Waals surface area (Å²) in [6.45, 7) is 8.36. The molecule has 2 N–H and O–H groups in total. The monoisotopic (exact) mass is 396 g/mol. The Bertz CT molecular complexity index is 653. The van der Waals surface area contributed by atoms with Gasteiger partial charge in [0.1, 0.15) is 12.4 Å². The lowest BCUT2D eigenvalue weighted by atomic mass is 9.87. The van der Waals surface area contributed by atoms with E-state index in [1.165, 1.54) is 18.7 Å². The third-order valence-electron chi connectivity index (χ3n) is 5.59. The minimum atomic E-state index is -2.75. The van der Waals surface area contributed by atoms with Gasteiger partial charge in [-0.05, 0) is 12.1 Å². The van der Waals surface area contributed by atoms with Crippen molar-refractivity contribution in [3.8, 4) is 5.75 Å². The summed E-state index contributed by atoms with van der Waals surface area (Å²) in [5.41, 5.74) is 0.561. The number of anilines is 1. The third kappa shape index (κ3) is 4.91. The van der Waals surface area contributed by atoms with Crippen LogP contribution in [0.3, 0.4) is 0 Å². The average Bonchev–Trinajstić information content (AvgIpc) is 2.68. The highest BCUT2D eigenvalue weighted by atomic mass is 19.3. The van der Waals surface area contributed by atoms with Crippen LogP contribution in [0.15, 0.2) is 24.3 Å². The molecule has 0 radical (unpaired) electrons. The predicted molar refractivity (Wildman–Crippen MR) is 105 cm³/mol. The lowest BCUT2D eigenvalue weighted by Crippen LogP contribution is -2.54. The van der Waals surface area contributed by atoms with E-state index in [1.54, 1.807) is 6.07 Å². The Morgan fingerprint density at radius 2 is 1.86 bits per heavy atom. The number of urea groups is 1. The van der Waals surface area contributed by atoms with Crippen LogP contribution in [0.4, 0.5) is 19.3 Å². The molecular weight excluding hydrogens is 366 g/mol. The number of piperidine rings is 1. The molecular formula is C20H30F2N4O2. The minimum Gasteiger partial charge on any atom is -0.490 e. The Kier molecular flexibility index (Phi) is 6.72. The van der Waals surface area contributed by atoms with Crippen LogP contribution in [0.25, 0.3) is 0 Å². The number of benzene rings is 1. The number of likely N-dealkylation sites (tertiary alicyclic amines) is 1. The molecule has 3 rings (SSSR count). The maximum absolute atomic E-state index is 14.0. The summed E-state index contributed by atoms with van der Waals surface area (Å²) < 4.78 is 33.9. The molecule has 0 saturated carbocycles. The summed E-state index contributed by atoms with van der Waals surface area (Å²) in [4.78, 5) is 16.4. The summed E-state index contributed by atoms with van der Waals surface area (Å²) in [6.07, 6.45) is 0. The van der Waals surface area contributed by atoms with Crippen molar-refractivity contribution in [3.05, 3.63) is 24.3 Å². The van der Waals surface area contributed by atoms with Crippen LogP contribution in [0.1, 0.15) is 13.8 Å². The number of carbonyl (C=O) groups is 1. The molecule has 0 bridgehead atoms. The molecule has 1 aromatic carbocycles. The number of hydrogen-bond acceptors (Lipinski definition) is 4. The molecule has 2 aliphatic heterocycles. The van der Waals surface area contributed by atoms with Gasteiger partial charge < -0.3 is 20.3 Å². The van der Waals surface area contributed by atoms with E-state index in [4.69, 9.17) is 4.74 Å². The van der Waals surface area contributed by atoms with E-state index in [0.717, 1.165) is 32.7 Å². The number of carbonyl (C=O) groups excluding carboxylic acids is 1. The molecule has 0 aliphatic carbocycles. The Morgan fingerprint density at radius 1 is 1.21 bits per heavy atom. The van der Waals surface area contributed by atoms with E-state index in [-0.39, 0.29) is 19.1 Å². The number of nitrogens with one attached hydrogen (secondary N) is 2. The molecule has 28 heavy (non-hydrogen) atoms. The topological polar surface area (TPSA) is 56.8 Å². The van der Waals surface area contributed by atoms with Crippen LogP contribution in [0, 0.1) is 11.8 Å². The lowest BCUT2D eigenvalue weighted by molar-refractivity contribution is -0.130. The van der Waals surface area contributed by atoms with Crippen molar-refractivity contribution in [2.45, 2.75) is 19.8 Å². The van der Waals surface area contributed by atoms with Crippen molar-refractivity contribution >= 4 is 11.7 Å². The number of amides is 2. The van der Waals surface area contributed by atoms with Gasteiger partial charge in [0, 0.05) is 57.6 Å². The van der Waals surface area contributed by atoms with Crippen LogP contribution < -0.4 is 15.4 Å². The van der Waals surface area contributed by atoms with Crippen LogP contribution in [0.2, 0.25) is 0 Å². The summed E-state index contributed by atoms with van der Waals surface area (Å²) in [5, 5.41) is 6.14. The highest BCUT2D eigenvalue weighted by Crippen LogP contribution is 2.37. The molecule has 156 valence electrons. The molecule has 2 saturated heterocycles. The normalized spacial score (nSPS) is 25.4. The van der Waals surface area contributed by atoms with Crippen LogP contribution in [-0.2, 0) is 0 Å². The number of nitrogens with zero attached hydrogens (tertiary/aromatic N) is 2. The summed E-state index contributed by atoms with van der Waals surface area (Å²) >= 11 is 0. The molecule has 6 nitrogen and oxygen atoms in total. The maximum Gasteiger partial charge on any atom is 0.321 e. The molecule has 2 heterocycles. The number of ether oxygens (including phenoxy) is 1. The fourth-order valence-electron chi connectivity index (χ4n) is 3.74. The van der Waals surface area contributed by atoms with E-state index in [2.05, 4.69) is 15.5 Å². The van der Waals surface area contributed by atoms with Crippen molar-refractivity contribution in [1.29, 1.82) is 0 Å². The standard InChI is InChI=1S/C20H30F2N4O2/c1-15-13-26(14-16(2)20(15,21)22)19(27)24-17-5-3-4-6-18(17)28-12-11-25-9-7-23-8-10-25/h3-6,15-16,23H,7-14H2,1-2H3,(H,24,27). The van der Waals surface area contributed by atoms with Gasteiger partial charge in [-0.3, -0.25) is 4.90 Å². The van der Waals surface area contributed by atoms with Crippen LogP contribution >= 0.6 is 0 Å². The fraction of sp³-hybridized carbons (Fsp3) is 0.650. The summed E-state index contributed by atoms with van der Waals surface area (Å²) in [6, 6.07) is 6.87. The highest BCUT2D eigenvalue weighted by molar-refractivity contribution is 5.91. The van der Waals surface area contributed by atoms with Gasteiger partial charge in [-0.25, -0.2) is 13.6 Å². The first kappa shape index (κ1) is 20.8. The van der Waals surface area contributed by atoms with Crippen molar-refractivity contribution in [1.82, 2.24) is 15.1 Å². The van der Waals surface area contributed by atoms with Gasteiger partial charge in [-0.1, -0.05) is 26.0 Å².